The lowest BCUT2D eigenvalue weighted by Crippen LogP contribution is -2.47. The summed E-state index contributed by atoms with van der Waals surface area (Å²) < 4.78 is 14.3. The first kappa shape index (κ1) is 15.8. The van der Waals surface area contributed by atoms with Crippen molar-refractivity contribution in [3.8, 4) is 0 Å². The minimum absolute atomic E-state index is 0.0513. The van der Waals surface area contributed by atoms with Crippen molar-refractivity contribution in [1.82, 2.24) is 4.90 Å². The molecule has 22 heavy (non-hydrogen) atoms. The molecule has 2 aliphatic rings. The zero-order valence-corrected chi connectivity index (χ0v) is 14.0. The number of aryl methyl sites for hydroxylation is 1. The van der Waals surface area contributed by atoms with Gasteiger partial charge >= 0.3 is 0 Å². The first-order chi connectivity index (χ1) is 10.7. The average Bonchev–Trinajstić information content (AvgIpc) is 2.56. The highest BCUT2D eigenvalue weighted by atomic mass is 19.1. The van der Waals surface area contributed by atoms with E-state index in [0.717, 1.165) is 36.7 Å². The number of hydrogen-bond donors (Lipinski definition) is 0. The topological polar surface area (TPSA) is 6.48 Å². The second kappa shape index (κ2) is 6.99. The van der Waals surface area contributed by atoms with Gasteiger partial charge in [0.1, 0.15) is 5.82 Å². The van der Waals surface area contributed by atoms with Crippen molar-refractivity contribution in [2.75, 3.05) is 31.1 Å². The molecule has 0 unspecified atom stereocenters. The zero-order chi connectivity index (χ0) is 15.5. The average molecular weight is 304 g/mol. The van der Waals surface area contributed by atoms with Crippen LogP contribution < -0.4 is 4.90 Å². The number of rotatable bonds is 3. The number of halogens is 1. The lowest BCUT2D eigenvalue weighted by Gasteiger charge is -2.42. The van der Waals surface area contributed by atoms with Crippen molar-refractivity contribution in [2.24, 2.45) is 5.92 Å². The molecule has 2 saturated heterocycles. The fourth-order valence-corrected chi connectivity index (χ4v) is 3.89. The molecule has 3 rings (SSSR count). The third-order valence-corrected chi connectivity index (χ3v) is 5.56. The van der Waals surface area contributed by atoms with E-state index in [1.54, 1.807) is 6.07 Å². The van der Waals surface area contributed by atoms with Gasteiger partial charge in [-0.2, -0.15) is 0 Å². The molecule has 0 spiro atoms. The number of anilines is 1. The molecule has 1 aromatic rings. The molecule has 2 nitrogen and oxygen atoms in total. The van der Waals surface area contributed by atoms with Crippen LogP contribution in [0.2, 0.25) is 0 Å². The van der Waals surface area contributed by atoms with Gasteiger partial charge in [0.25, 0.3) is 0 Å². The number of piperidine rings is 2. The van der Waals surface area contributed by atoms with Crippen molar-refractivity contribution < 1.29 is 4.39 Å². The van der Waals surface area contributed by atoms with E-state index in [-0.39, 0.29) is 5.82 Å². The van der Waals surface area contributed by atoms with Gasteiger partial charge in [-0.15, -0.1) is 0 Å². The lowest BCUT2D eigenvalue weighted by molar-refractivity contribution is 0.120. The van der Waals surface area contributed by atoms with E-state index >= 15 is 0 Å². The van der Waals surface area contributed by atoms with Crippen molar-refractivity contribution in [3.63, 3.8) is 0 Å². The van der Waals surface area contributed by atoms with Crippen LogP contribution in [0.3, 0.4) is 0 Å². The summed E-state index contributed by atoms with van der Waals surface area (Å²) in [5.74, 6) is 0.840. The number of benzene rings is 1. The summed E-state index contributed by atoms with van der Waals surface area (Å²) in [7, 11) is 0. The van der Waals surface area contributed by atoms with E-state index in [9.17, 15) is 4.39 Å². The van der Waals surface area contributed by atoms with Crippen LogP contribution in [-0.2, 0) is 6.42 Å². The van der Waals surface area contributed by atoms with Gasteiger partial charge in [0.15, 0.2) is 0 Å². The maximum atomic E-state index is 14.3. The monoisotopic (exact) mass is 304 g/mol. The minimum Gasteiger partial charge on any atom is -0.369 e. The third-order valence-electron chi connectivity index (χ3n) is 5.56. The number of hydrogen-bond acceptors (Lipinski definition) is 2. The normalized spacial score (nSPS) is 22.2. The first-order valence-corrected chi connectivity index (χ1v) is 8.94. The largest absolute Gasteiger partial charge is 0.369 e. The Morgan fingerprint density at radius 1 is 1.05 bits per heavy atom. The third kappa shape index (κ3) is 3.45. The van der Waals surface area contributed by atoms with E-state index in [0.29, 0.717) is 6.04 Å². The second-order valence-corrected chi connectivity index (χ2v) is 7.08. The molecule has 2 heterocycles. The summed E-state index contributed by atoms with van der Waals surface area (Å²) in [6, 6.07) is 6.45. The molecule has 0 radical (unpaired) electrons. The molecule has 1 aromatic carbocycles. The van der Waals surface area contributed by atoms with Gasteiger partial charge in [0, 0.05) is 19.1 Å². The van der Waals surface area contributed by atoms with Gasteiger partial charge in [-0.25, -0.2) is 4.39 Å². The van der Waals surface area contributed by atoms with Crippen LogP contribution in [-0.4, -0.2) is 37.1 Å². The van der Waals surface area contributed by atoms with Gasteiger partial charge in [-0.3, -0.25) is 0 Å². The highest BCUT2D eigenvalue weighted by molar-refractivity contribution is 5.49. The number of nitrogens with zero attached hydrogens (tertiary/aromatic N) is 2. The van der Waals surface area contributed by atoms with Gasteiger partial charge in [-0.05, 0) is 68.8 Å². The van der Waals surface area contributed by atoms with E-state index in [1.807, 2.05) is 6.07 Å². The van der Waals surface area contributed by atoms with Gasteiger partial charge < -0.3 is 9.80 Å². The maximum absolute atomic E-state index is 14.3. The molecule has 2 aliphatic heterocycles. The SMILES string of the molecule is CCc1ccc(N2CCC(N3CCC(C)CC3)CC2)c(F)c1. The molecule has 0 amide bonds. The van der Waals surface area contributed by atoms with Gasteiger partial charge in [-0.1, -0.05) is 19.9 Å². The van der Waals surface area contributed by atoms with Gasteiger partial charge in [0.2, 0.25) is 0 Å². The number of likely N-dealkylation sites (tertiary alicyclic amines) is 1. The molecule has 3 heteroatoms. The van der Waals surface area contributed by atoms with E-state index in [2.05, 4.69) is 29.7 Å². The Balaban J connectivity index is 1.57. The van der Waals surface area contributed by atoms with Crippen LogP contribution in [0.25, 0.3) is 0 Å². The van der Waals surface area contributed by atoms with Crippen LogP contribution in [0.4, 0.5) is 10.1 Å². The molecule has 0 aromatic heterocycles. The minimum atomic E-state index is -0.0513. The fourth-order valence-electron chi connectivity index (χ4n) is 3.89. The van der Waals surface area contributed by atoms with Crippen LogP contribution in [0.15, 0.2) is 18.2 Å². The predicted molar refractivity (Wildman–Crippen MR) is 91.0 cm³/mol. The quantitative estimate of drug-likeness (QED) is 0.830. The van der Waals surface area contributed by atoms with Crippen molar-refractivity contribution >= 4 is 5.69 Å². The zero-order valence-electron chi connectivity index (χ0n) is 14.0. The Kier molecular flexibility index (Phi) is 5.02. The van der Waals surface area contributed by atoms with Crippen LogP contribution >= 0.6 is 0 Å². The summed E-state index contributed by atoms with van der Waals surface area (Å²) in [4.78, 5) is 4.91. The molecular formula is C19H29FN2. The summed E-state index contributed by atoms with van der Waals surface area (Å²) in [5.41, 5.74) is 1.88. The highest BCUT2D eigenvalue weighted by Crippen LogP contribution is 2.28. The van der Waals surface area contributed by atoms with Crippen LogP contribution in [0.1, 0.15) is 45.1 Å². The summed E-state index contributed by atoms with van der Waals surface area (Å²) in [6.45, 7) is 8.91. The fraction of sp³-hybridized carbons (Fsp3) is 0.684. The molecule has 0 bridgehead atoms. The molecule has 0 aliphatic carbocycles. The summed E-state index contributed by atoms with van der Waals surface area (Å²) >= 11 is 0. The molecule has 0 N–H and O–H groups in total. The Bertz CT molecular complexity index is 486. The highest BCUT2D eigenvalue weighted by Gasteiger charge is 2.27. The Hall–Kier alpha value is -1.09. The Labute approximate surface area is 134 Å². The van der Waals surface area contributed by atoms with Crippen molar-refractivity contribution in [3.05, 3.63) is 29.6 Å². The Morgan fingerprint density at radius 3 is 2.32 bits per heavy atom. The predicted octanol–water partition coefficient (Wildman–Crippen LogP) is 4.09. The smallest absolute Gasteiger partial charge is 0.146 e. The Morgan fingerprint density at radius 2 is 1.73 bits per heavy atom. The van der Waals surface area contributed by atoms with E-state index in [1.165, 1.54) is 38.8 Å². The summed E-state index contributed by atoms with van der Waals surface area (Å²) in [6.07, 6.45) is 5.92. The molecule has 122 valence electrons. The maximum Gasteiger partial charge on any atom is 0.146 e. The first-order valence-electron chi connectivity index (χ1n) is 8.94. The van der Waals surface area contributed by atoms with Gasteiger partial charge in [0.05, 0.1) is 5.69 Å². The van der Waals surface area contributed by atoms with Crippen molar-refractivity contribution in [1.29, 1.82) is 0 Å². The standard InChI is InChI=1S/C19H29FN2/c1-3-16-4-5-19(18(20)14-16)22-12-8-17(9-13-22)21-10-6-15(2)7-11-21/h4-5,14-15,17H,3,6-13H2,1-2H3. The molecule has 0 saturated carbocycles. The summed E-state index contributed by atoms with van der Waals surface area (Å²) in [5, 5.41) is 0. The van der Waals surface area contributed by atoms with E-state index in [4.69, 9.17) is 0 Å². The van der Waals surface area contributed by atoms with E-state index < -0.39 is 0 Å². The molecular weight excluding hydrogens is 275 g/mol. The van der Waals surface area contributed by atoms with Crippen LogP contribution in [0.5, 0.6) is 0 Å². The lowest BCUT2D eigenvalue weighted by atomic mass is 9.94. The molecule has 2 fully saturated rings. The van der Waals surface area contributed by atoms with Crippen molar-refractivity contribution in [2.45, 2.75) is 52.0 Å². The molecule has 0 atom stereocenters. The second-order valence-electron chi connectivity index (χ2n) is 7.08. The van der Waals surface area contributed by atoms with Crippen LogP contribution in [0, 0.1) is 11.7 Å².